The predicted molar refractivity (Wildman–Crippen MR) is 109 cm³/mol. The van der Waals surface area contributed by atoms with Crippen LogP contribution in [0.3, 0.4) is 0 Å². The van der Waals surface area contributed by atoms with Gasteiger partial charge in [-0.25, -0.2) is 4.98 Å². The van der Waals surface area contributed by atoms with Gasteiger partial charge in [0.15, 0.2) is 11.6 Å². The molecule has 1 saturated carbocycles. The molecule has 1 aliphatic carbocycles. The minimum Gasteiger partial charge on any atom is -0.504 e. The number of nitrogens with zero attached hydrogens (tertiary/aromatic N) is 2. The molecule has 1 amide bonds. The first-order valence-corrected chi connectivity index (χ1v) is 10.3. The van der Waals surface area contributed by atoms with Crippen molar-refractivity contribution < 1.29 is 36.2 Å². The summed E-state index contributed by atoms with van der Waals surface area (Å²) >= 11 is 0. The molecule has 5 nitrogen and oxygen atoms in total. The van der Waals surface area contributed by atoms with Crippen LogP contribution in [0.4, 0.5) is 32.2 Å². The topological polar surface area (TPSA) is 65.5 Å². The average Bonchev–Trinajstić information content (AvgIpc) is 2.76. The number of anilines is 1. The van der Waals surface area contributed by atoms with Gasteiger partial charge in [-0.05, 0) is 61.9 Å². The van der Waals surface area contributed by atoms with Gasteiger partial charge in [0.05, 0.1) is 11.1 Å². The van der Waals surface area contributed by atoms with Crippen LogP contribution < -0.4 is 10.2 Å². The number of nitrogens with one attached hydrogen (secondary N) is 1. The molecule has 0 spiro atoms. The van der Waals surface area contributed by atoms with Crippen molar-refractivity contribution in [1.29, 1.82) is 0 Å². The van der Waals surface area contributed by atoms with E-state index in [4.69, 9.17) is 0 Å². The van der Waals surface area contributed by atoms with E-state index in [1.165, 1.54) is 6.07 Å². The van der Waals surface area contributed by atoms with Crippen LogP contribution in [0, 0.1) is 5.92 Å². The van der Waals surface area contributed by atoms with Gasteiger partial charge in [-0.3, -0.25) is 4.79 Å². The summed E-state index contributed by atoms with van der Waals surface area (Å²) in [6.07, 6.45) is -5.60. The first kappa shape index (κ1) is 24.7. The molecule has 2 aromatic rings. The van der Waals surface area contributed by atoms with Crippen LogP contribution >= 0.6 is 0 Å². The van der Waals surface area contributed by atoms with E-state index in [0.29, 0.717) is 30.8 Å². The van der Waals surface area contributed by atoms with Crippen LogP contribution in [0.1, 0.15) is 47.2 Å². The maximum atomic E-state index is 13.0. The van der Waals surface area contributed by atoms with Gasteiger partial charge in [-0.15, -0.1) is 0 Å². The third-order valence-electron chi connectivity index (χ3n) is 5.87. The van der Waals surface area contributed by atoms with E-state index in [9.17, 15) is 36.2 Å². The van der Waals surface area contributed by atoms with Gasteiger partial charge in [0.25, 0.3) is 5.91 Å². The molecule has 11 heteroatoms. The molecule has 0 radical (unpaired) electrons. The number of benzene rings is 1. The van der Waals surface area contributed by atoms with Crippen LogP contribution in [0.25, 0.3) is 0 Å². The first-order chi connectivity index (χ1) is 15.4. The Balaban J connectivity index is 1.60. The fourth-order valence-electron chi connectivity index (χ4n) is 3.99. The summed E-state index contributed by atoms with van der Waals surface area (Å²) in [5, 5.41) is 12.4. The minimum atomic E-state index is -5.01. The quantitative estimate of drug-likeness (QED) is 0.580. The van der Waals surface area contributed by atoms with Crippen LogP contribution in [0.5, 0.6) is 5.75 Å². The number of halogens is 6. The maximum absolute atomic E-state index is 13.0. The molecule has 2 N–H and O–H groups in total. The van der Waals surface area contributed by atoms with Gasteiger partial charge >= 0.3 is 12.4 Å². The Morgan fingerprint density at radius 2 is 1.64 bits per heavy atom. The Labute approximate surface area is 186 Å². The second-order valence-electron chi connectivity index (χ2n) is 8.14. The zero-order valence-electron chi connectivity index (χ0n) is 17.7. The second kappa shape index (κ2) is 9.48. The van der Waals surface area contributed by atoms with Gasteiger partial charge in [0, 0.05) is 31.4 Å². The highest BCUT2D eigenvalue weighted by atomic mass is 19.4. The molecule has 1 aromatic heterocycles. The van der Waals surface area contributed by atoms with Crippen LogP contribution in [-0.2, 0) is 12.4 Å². The highest BCUT2D eigenvalue weighted by Gasteiger charge is 2.37. The van der Waals surface area contributed by atoms with Crippen molar-refractivity contribution in [2.24, 2.45) is 5.92 Å². The molecule has 0 atom stereocenters. The fourth-order valence-corrected chi connectivity index (χ4v) is 3.99. The molecule has 0 bridgehead atoms. The lowest BCUT2D eigenvalue weighted by atomic mass is 9.85. The molecule has 1 heterocycles. The average molecular weight is 475 g/mol. The van der Waals surface area contributed by atoms with Crippen molar-refractivity contribution in [3.63, 3.8) is 0 Å². The third kappa shape index (κ3) is 6.08. The zero-order chi connectivity index (χ0) is 24.4. The summed E-state index contributed by atoms with van der Waals surface area (Å²) in [5.41, 5.74) is -3.73. The number of alkyl halides is 6. The van der Waals surface area contributed by atoms with Crippen molar-refractivity contribution in [3.8, 4) is 5.75 Å². The Bertz CT molecular complexity index is 953. The molecule has 33 heavy (non-hydrogen) atoms. The Morgan fingerprint density at radius 1 is 1.06 bits per heavy atom. The number of carbonyl (C=O) groups is 1. The summed E-state index contributed by atoms with van der Waals surface area (Å²) in [6.45, 7) is 0.141. The molecule has 1 fully saturated rings. The number of hydrogen-bond donors (Lipinski definition) is 2. The Morgan fingerprint density at radius 3 is 2.15 bits per heavy atom. The van der Waals surface area contributed by atoms with E-state index in [-0.39, 0.29) is 30.3 Å². The third-order valence-corrected chi connectivity index (χ3v) is 5.87. The molecule has 0 aliphatic heterocycles. The molecule has 0 saturated heterocycles. The van der Waals surface area contributed by atoms with Gasteiger partial charge in [0.1, 0.15) is 0 Å². The van der Waals surface area contributed by atoms with E-state index in [2.05, 4.69) is 10.3 Å². The number of carbonyl (C=O) groups excluding carboxylic acids is 1. The number of rotatable bonds is 5. The molecule has 3 rings (SSSR count). The highest BCUT2D eigenvalue weighted by molar-refractivity contribution is 5.94. The smallest absolute Gasteiger partial charge is 0.416 e. The summed E-state index contributed by atoms with van der Waals surface area (Å²) in [7, 11) is 1.82. The monoisotopic (exact) mass is 475 g/mol. The van der Waals surface area contributed by atoms with Crippen molar-refractivity contribution in [3.05, 3.63) is 53.2 Å². The van der Waals surface area contributed by atoms with E-state index in [0.717, 1.165) is 12.8 Å². The van der Waals surface area contributed by atoms with Crippen LogP contribution in [0.2, 0.25) is 0 Å². The first-order valence-electron chi connectivity index (χ1n) is 10.3. The number of aromatic hydroxyl groups is 1. The fraction of sp³-hybridized carbons (Fsp3) is 0.455. The standard InChI is InChI=1S/C22H23F6N3O2/c1-31(19-18(32)3-2-8-29-19)17-6-4-13(5-7-17)12-30-20(33)14-9-15(21(23,24)25)11-16(10-14)22(26,27)28/h2-3,8-11,13,17,32H,4-7,12H2,1H3,(H,30,33). The summed E-state index contributed by atoms with van der Waals surface area (Å²) in [6, 6.07) is 4.11. The SMILES string of the molecule is CN(c1ncccc1O)C1CCC(CNC(=O)c2cc(C(F)(F)F)cc(C(F)(F)F)c2)CC1. The molecule has 1 aromatic carbocycles. The van der Waals surface area contributed by atoms with E-state index < -0.39 is 35.0 Å². The van der Waals surface area contributed by atoms with Crippen LogP contribution in [-0.4, -0.2) is 35.6 Å². The molecule has 1 aliphatic rings. The van der Waals surface area contributed by atoms with Crippen molar-refractivity contribution in [2.45, 2.75) is 44.1 Å². The summed E-state index contributed by atoms with van der Waals surface area (Å²) in [4.78, 5) is 18.4. The number of pyridine rings is 1. The number of aromatic nitrogens is 1. The lowest BCUT2D eigenvalue weighted by Gasteiger charge is -2.35. The van der Waals surface area contributed by atoms with Crippen molar-refractivity contribution in [2.75, 3.05) is 18.5 Å². The van der Waals surface area contributed by atoms with Crippen molar-refractivity contribution >= 4 is 11.7 Å². The summed E-state index contributed by atoms with van der Waals surface area (Å²) in [5.74, 6) is -0.430. The van der Waals surface area contributed by atoms with E-state index in [1.54, 1.807) is 12.3 Å². The van der Waals surface area contributed by atoms with Gasteiger partial charge in [-0.2, -0.15) is 26.3 Å². The Hall–Kier alpha value is -2.98. The molecular weight excluding hydrogens is 452 g/mol. The second-order valence-corrected chi connectivity index (χ2v) is 8.14. The molecule has 0 unspecified atom stereocenters. The summed E-state index contributed by atoms with van der Waals surface area (Å²) < 4.78 is 78.0. The molecular formula is C22H23F6N3O2. The van der Waals surface area contributed by atoms with E-state index in [1.807, 2.05) is 11.9 Å². The lowest BCUT2D eigenvalue weighted by molar-refractivity contribution is -0.143. The largest absolute Gasteiger partial charge is 0.504 e. The number of hydrogen-bond acceptors (Lipinski definition) is 4. The number of amides is 1. The van der Waals surface area contributed by atoms with Gasteiger partial charge < -0.3 is 15.3 Å². The Kier molecular flexibility index (Phi) is 7.08. The zero-order valence-corrected chi connectivity index (χ0v) is 17.7. The van der Waals surface area contributed by atoms with Crippen LogP contribution in [0.15, 0.2) is 36.5 Å². The van der Waals surface area contributed by atoms with Gasteiger partial charge in [-0.1, -0.05) is 0 Å². The van der Waals surface area contributed by atoms with E-state index >= 15 is 0 Å². The highest BCUT2D eigenvalue weighted by Crippen LogP contribution is 2.36. The maximum Gasteiger partial charge on any atom is 0.416 e. The minimum absolute atomic E-state index is 0.00601. The van der Waals surface area contributed by atoms with Gasteiger partial charge in [0.2, 0.25) is 0 Å². The van der Waals surface area contributed by atoms with Crippen molar-refractivity contribution in [1.82, 2.24) is 10.3 Å². The molecule has 180 valence electrons. The normalized spacial score (nSPS) is 19.2. The predicted octanol–water partition coefficient (Wildman–Crippen LogP) is 5.25. The lowest BCUT2D eigenvalue weighted by Crippen LogP contribution is -2.38.